The van der Waals surface area contributed by atoms with Crippen LogP contribution in [0.5, 0.6) is 5.75 Å². The second-order valence-electron chi connectivity index (χ2n) is 13.2. The molecule has 4 heterocycles. The number of thiophene rings is 1. The van der Waals surface area contributed by atoms with E-state index in [1.807, 2.05) is 19.9 Å². The molecule has 13 nitrogen and oxygen atoms in total. The normalized spacial score (nSPS) is 15.9. The monoisotopic (exact) mass is 790 g/mol. The van der Waals surface area contributed by atoms with Crippen LogP contribution < -0.4 is 26.0 Å². The number of halogens is 3. The molecular weight excluding hydrogens is 754 g/mol. The van der Waals surface area contributed by atoms with E-state index in [9.17, 15) is 41.9 Å². The summed E-state index contributed by atoms with van der Waals surface area (Å²) in [5.74, 6) is -3.88. The van der Waals surface area contributed by atoms with Gasteiger partial charge < -0.3 is 20.7 Å². The highest BCUT2D eigenvalue weighted by Crippen LogP contribution is 2.32. The van der Waals surface area contributed by atoms with E-state index in [-0.39, 0.29) is 43.5 Å². The maximum absolute atomic E-state index is 13.7. The van der Waals surface area contributed by atoms with E-state index < -0.39 is 59.6 Å². The number of pyridine rings is 1. The van der Waals surface area contributed by atoms with Crippen LogP contribution in [-0.2, 0) is 27.2 Å². The zero-order valence-electron chi connectivity index (χ0n) is 30.2. The Morgan fingerprint density at radius 3 is 2.54 bits per heavy atom. The van der Waals surface area contributed by atoms with Crippen LogP contribution in [0.15, 0.2) is 66.9 Å². The summed E-state index contributed by atoms with van der Waals surface area (Å²) in [5, 5.41) is 10.9. The Bertz CT molecular complexity index is 2190. The predicted molar refractivity (Wildman–Crippen MR) is 199 cm³/mol. The molecule has 1 unspecified atom stereocenters. The molecule has 17 heteroatoms. The van der Waals surface area contributed by atoms with Gasteiger partial charge in [-0.05, 0) is 67.3 Å². The number of carbonyl (C=O) groups is 6. The molecule has 2 atom stereocenters. The third-order valence-electron chi connectivity index (χ3n) is 9.22. The Labute approximate surface area is 323 Å². The van der Waals surface area contributed by atoms with Gasteiger partial charge in [-0.15, -0.1) is 24.5 Å². The average molecular weight is 791 g/mol. The Kier molecular flexibility index (Phi) is 11.8. The molecule has 2 aromatic heterocycles. The first-order valence-electron chi connectivity index (χ1n) is 17.8. The van der Waals surface area contributed by atoms with Crippen LogP contribution in [0.25, 0.3) is 11.3 Å². The van der Waals surface area contributed by atoms with E-state index in [4.69, 9.17) is 0 Å². The Balaban J connectivity index is 1.13. The van der Waals surface area contributed by atoms with Gasteiger partial charge in [-0.3, -0.25) is 44.0 Å². The first-order valence-corrected chi connectivity index (χ1v) is 18.6. The van der Waals surface area contributed by atoms with E-state index in [2.05, 4.69) is 31.0 Å². The van der Waals surface area contributed by atoms with Crippen molar-refractivity contribution in [2.45, 2.75) is 64.4 Å². The summed E-state index contributed by atoms with van der Waals surface area (Å²) >= 11 is 1.33. The lowest BCUT2D eigenvalue weighted by molar-refractivity contribution is -0.274. The lowest BCUT2D eigenvalue weighted by Gasteiger charge is -2.27. The number of imide groups is 2. The lowest BCUT2D eigenvalue weighted by atomic mass is 10.0. The summed E-state index contributed by atoms with van der Waals surface area (Å²) in [5.41, 5.74) is 2.84. The van der Waals surface area contributed by atoms with Gasteiger partial charge in [0.05, 0.1) is 21.7 Å². The van der Waals surface area contributed by atoms with E-state index >= 15 is 0 Å². The van der Waals surface area contributed by atoms with E-state index in [0.29, 0.717) is 27.4 Å². The maximum Gasteiger partial charge on any atom is 0.573 e. The quantitative estimate of drug-likeness (QED) is 0.102. The minimum absolute atomic E-state index is 0.0105. The van der Waals surface area contributed by atoms with Gasteiger partial charge in [-0.25, -0.2) is 0 Å². The number of benzene rings is 2. The van der Waals surface area contributed by atoms with E-state index in [1.165, 1.54) is 41.8 Å². The van der Waals surface area contributed by atoms with Gasteiger partial charge in [0.15, 0.2) is 0 Å². The summed E-state index contributed by atoms with van der Waals surface area (Å²) < 4.78 is 42.3. The van der Waals surface area contributed by atoms with E-state index in [1.54, 1.807) is 30.3 Å². The number of ether oxygens (including phenoxy) is 1. The third kappa shape index (κ3) is 9.05. The van der Waals surface area contributed by atoms with Gasteiger partial charge in [0.1, 0.15) is 17.8 Å². The first kappa shape index (κ1) is 39.6. The number of carbonyl (C=O) groups excluding carboxylic acids is 6. The molecule has 1 fully saturated rings. The molecule has 6 rings (SSSR count). The van der Waals surface area contributed by atoms with Crippen LogP contribution in [0, 0.1) is 6.92 Å². The zero-order valence-corrected chi connectivity index (χ0v) is 31.1. The second kappa shape index (κ2) is 16.7. The van der Waals surface area contributed by atoms with Crippen molar-refractivity contribution in [2.24, 2.45) is 0 Å². The van der Waals surface area contributed by atoms with Crippen LogP contribution in [0.3, 0.4) is 0 Å². The van der Waals surface area contributed by atoms with Crippen LogP contribution >= 0.6 is 11.3 Å². The lowest BCUT2D eigenvalue weighted by Crippen LogP contribution is -2.54. The van der Waals surface area contributed by atoms with Gasteiger partial charge in [0.25, 0.3) is 17.7 Å². The topological polar surface area (TPSA) is 176 Å². The number of hydrogen-bond acceptors (Lipinski definition) is 10. The van der Waals surface area contributed by atoms with Crippen LogP contribution in [0.4, 0.5) is 18.9 Å². The second-order valence-corrected chi connectivity index (χ2v) is 14.4. The van der Waals surface area contributed by atoms with Crippen LogP contribution in [-0.4, -0.2) is 76.9 Å². The van der Waals surface area contributed by atoms with Gasteiger partial charge >= 0.3 is 6.36 Å². The number of fused-ring (bicyclic) bond motifs is 1. The van der Waals surface area contributed by atoms with E-state index in [0.717, 1.165) is 28.2 Å². The maximum atomic E-state index is 13.7. The van der Waals surface area contributed by atoms with Gasteiger partial charge in [0.2, 0.25) is 17.7 Å². The number of nitrogens with one attached hydrogen (secondary N) is 4. The minimum atomic E-state index is -4.85. The molecule has 2 aliphatic heterocycles. The molecule has 2 aliphatic rings. The number of anilines is 1. The molecule has 4 N–H and O–H groups in total. The highest BCUT2D eigenvalue weighted by Gasteiger charge is 2.45. The molecule has 0 spiro atoms. The van der Waals surface area contributed by atoms with Gasteiger partial charge in [-0.2, -0.15) is 0 Å². The smallest absolute Gasteiger partial charge is 0.406 e. The van der Waals surface area contributed by atoms with Crippen molar-refractivity contribution in [2.75, 3.05) is 18.4 Å². The molecule has 6 amide bonds. The molecule has 0 saturated carbocycles. The number of piperidine rings is 1. The summed E-state index contributed by atoms with van der Waals surface area (Å²) in [4.78, 5) is 84.6. The standard InChI is InChI=1S/C39H37F3N6O7S/c1-3-6-23-19-31(56-21(23)2)36(52)46-29(17-22-11-12-27(45-20-22)24-7-4-8-25(18-24)55-39(40,41)42)34(50)44-16-15-43-28-10-5-9-26-33(28)38(54)48(37(26)53)30-13-14-32(49)47-35(30)51/h4-5,7-12,18-20,29-30,43H,3,6,13-17H2,1-2H3,(H,44,50)(H,46,52)(H,47,49,51)/t29-,30?/m1/s1. The van der Waals surface area contributed by atoms with Crippen LogP contribution in [0.1, 0.15) is 72.6 Å². The van der Waals surface area contributed by atoms with Crippen LogP contribution in [0.2, 0.25) is 0 Å². The number of nitrogens with zero attached hydrogens (tertiary/aromatic N) is 2. The Morgan fingerprint density at radius 1 is 1.04 bits per heavy atom. The zero-order chi connectivity index (χ0) is 40.1. The third-order valence-corrected chi connectivity index (χ3v) is 10.3. The molecule has 4 aromatic rings. The van der Waals surface area contributed by atoms with Crippen molar-refractivity contribution in [1.29, 1.82) is 0 Å². The average Bonchev–Trinajstić information content (AvgIpc) is 3.65. The fraction of sp³-hybridized carbons (Fsp3) is 0.308. The molecule has 56 heavy (non-hydrogen) atoms. The van der Waals surface area contributed by atoms with Crippen molar-refractivity contribution in [3.05, 3.63) is 98.9 Å². The first-order chi connectivity index (χ1) is 26.7. The predicted octanol–water partition coefficient (Wildman–Crippen LogP) is 4.94. The van der Waals surface area contributed by atoms with Gasteiger partial charge in [-0.1, -0.05) is 37.6 Å². The number of hydrogen-bond donors (Lipinski definition) is 4. The fourth-order valence-corrected chi connectivity index (χ4v) is 7.54. The molecule has 1 saturated heterocycles. The number of amides is 6. The van der Waals surface area contributed by atoms with Crippen molar-refractivity contribution < 1.29 is 46.7 Å². The SMILES string of the molecule is CCCc1cc(C(=O)N[C@H](Cc2ccc(-c3cccc(OC(F)(F)F)c3)nc2)C(=O)NCCNc2cccc3c2C(=O)N(C2CCC(=O)NC2=O)C3=O)sc1C. The van der Waals surface area contributed by atoms with Gasteiger partial charge in [0, 0.05) is 48.3 Å². The number of rotatable bonds is 14. The number of aromatic nitrogens is 1. The Hall–Kier alpha value is -6.10. The fourth-order valence-electron chi connectivity index (χ4n) is 6.56. The molecule has 2 aromatic carbocycles. The van der Waals surface area contributed by atoms with Crippen molar-refractivity contribution in [3.8, 4) is 17.0 Å². The highest BCUT2D eigenvalue weighted by molar-refractivity contribution is 7.14. The number of aryl methyl sites for hydroxylation is 2. The minimum Gasteiger partial charge on any atom is -0.406 e. The molecule has 0 bridgehead atoms. The van der Waals surface area contributed by atoms with Crippen molar-refractivity contribution in [1.82, 2.24) is 25.8 Å². The summed E-state index contributed by atoms with van der Waals surface area (Å²) in [6.45, 7) is 4.12. The molecule has 0 radical (unpaired) electrons. The molecule has 0 aliphatic carbocycles. The highest BCUT2D eigenvalue weighted by atomic mass is 32.1. The molecule has 292 valence electrons. The summed E-state index contributed by atoms with van der Waals surface area (Å²) in [6.07, 6.45) is -1.65. The van der Waals surface area contributed by atoms with Crippen molar-refractivity contribution in [3.63, 3.8) is 0 Å². The summed E-state index contributed by atoms with van der Waals surface area (Å²) in [7, 11) is 0. The Morgan fingerprint density at radius 2 is 1.82 bits per heavy atom. The van der Waals surface area contributed by atoms with Crippen molar-refractivity contribution >= 4 is 52.5 Å². The number of alkyl halides is 3. The summed E-state index contributed by atoms with van der Waals surface area (Å²) in [6, 6.07) is 12.9. The largest absolute Gasteiger partial charge is 0.573 e. The molecular formula is C39H37F3N6O7S.